The third-order valence-electron chi connectivity index (χ3n) is 4.72. The van der Waals surface area contributed by atoms with Crippen molar-refractivity contribution in [3.05, 3.63) is 35.9 Å². The van der Waals surface area contributed by atoms with Crippen LogP contribution in [0.3, 0.4) is 0 Å². The van der Waals surface area contributed by atoms with E-state index in [1.54, 1.807) is 7.05 Å². The molecule has 1 saturated carbocycles. The first kappa shape index (κ1) is 24.2. The summed E-state index contributed by atoms with van der Waals surface area (Å²) in [6.45, 7) is 4.15. The molecule has 1 aliphatic rings. The molecular formula is C19H33IN4O2S. The van der Waals surface area contributed by atoms with Crippen molar-refractivity contribution in [3.63, 3.8) is 0 Å². The number of hydrogen-bond donors (Lipinski definition) is 3. The van der Waals surface area contributed by atoms with E-state index >= 15 is 0 Å². The molecule has 0 spiro atoms. The molecule has 27 heavy (non-hydrogen) atoms. The Kier molecular flexibility index (Phi) is 9.50. The number of hydrogen-bond acceptors (Lipinski definition) is 3. The van der Waals surface area contributed by atoms with Gasteiger partial charge in [-0.15, -0.1) is 24.0 Å². The fraction of sp³-hybridized carbons (Fsp3) is 0.632. The Morgan fingerprint density at radius 3 is 2.26 bits per heavy atom. The molecule has 0 aromatic heterocycles. The molecule has 1 aliphatic carbocycles. The zero-order chi connectivity index (χ0) is 19.2. The first-order valence-electron chi connectivity index (χ1n) is 9.19. The zero-order valence-electron chi connectivity index (χ0n) is 16.7. The first-order valence-corrected chi connectivity index (χ1v) is 11.1. The van der Waals surface area contributed by atoms with E-state index in [0.717, 1.165) is 18.8 Å². The highest BCUT2D eigenvalue weighted by Gasteiger charge is 2.25. The van der Waals surface area contributed by atoms with Crippen LogP contribution in [0.4, 0.5) is 0 Å². The zero-order valence-corrected chi connectivity index (χ0v) is 19.8. The molecule has 0 heterocycles. The Bertz CT molecular complexity index is 700. The highest BCUT2D eigenvalue weighted by molar-refractivity contribution is 14.0. The number of sulfonamides is 1. The van der Waals surface area contributed by atoms with Gasteiger partial charge in [-0.3, -0.25) is 4.99 Å². The molecule has 1 aromatic carbocycles. The fourth-order valence-electron chi connectivity index (χ4n) is 3.53. The van der Waals surface area contributed by atoms with E-state index in [1.807, 2.05) is 13.8 Å². The second-order valence-corrected chi connectivity index (χ2v) is 9.54. The lowest BCUT2D eigenvalue weighted by atomic mass is 9.82. The minimum absolute atomic E-state index is 0. The van der Waals surface area contributed by atoms with Crippen LogP contribution in [0.5, 0.6) is 0 Å². The van der Waals surface area contributed by atoms with Gasteiger partial charge in [0.15, 0.2) is 5.96 Å². The van der Waals surface area contributed by atoms with E-state index < -0.39 is 15.6 Å². The van der Waals surface area contributed by atoms with Crippen molar-refractivity contribution in [3.8, 4) is 0 Å². The molecule has 154 valence electrons. The molecule has 3 N–H and O–H groups in total. The summed E-state index contributed by atoms with van der Waals surface area (Å²) >= 11 is 0. The summed E-state index contributed by atoms with van der Waals surface area (Å²) in [5, 5.41) is 6.71. The van der Waals surface area contributed by atoms with Crippen molar-refractivity contribution < 1.29 is 8.42 Å². The lowest BCUT2D eigenvalue weighted by molar-refractivity contribution is 0.369. The SMILES string of the molecule is CN=C(NCC(C)(C)NS(C)(=O)=O)NC1CCC(c2ccccc2)CC1.I. The van der Waals surface area contributed by atoms with Gasteiger partial charge < -0.3 is 10.6 Å². The van der Waals surface area contributed by atoms with Gasteiger partial charge in [-0.2, -0.15) is 0 Å². The van der Waals surface area contributed by atoms with Gasteiger partial charge in [-0.25, -0.2) is 13.1 Å². The van der Waals surface area contributed by atoms with Crippen LogP contribution in [0.15, 0.2) is 35.3 Å². The lowest BCUT2D eigenvalue weighted by Crippen LogP contribution is -2.54. The first-order chi connectivity index (χ1) is 12.2. The molecule has 2 rings (SSSR count). The van der Waals surface area contributed by atoms with E-state index in [2.05, 4.69) is 50.7 Å². The van der Waals surface area contributed by atoms with Crippen molar-refractivity contribution in [1.82, 2.24) is 15.4 Å². The second kappa shape index (κ2) is 10.6. The second-order valence-electron chi connectivity index (χ2n) is 7.79. The Morgan fingerprint density at radius 2 is 1.74 bits per heavy atom. The fourth-order valence-corrected chi connectivity index (χ4v) is 4.60. The normalized spacial score (nSPS) is 21.3. The topological polar surface area (TPSA) is 82.6 Å². The molecule has 0 aliphatic heterocycles. The smallest absolute Gasteiger partial charge is 0.209 e. The molecule has 0 radical (unpaired) electrons. The van der Waals surface area contributed by atoms with Gasteiger partial charge in [0.1, 0.15) is 0 Å². The van der Waals surface area contributed by atoms with Crippen molar-refractivity contribution in [2.24, 2.45) is 4.99 Å². The van der Waals surface area contributed by atoms with E-state index in [9.17, 15) is 8.42 Å². The van der Waals surface area contributed by atoms with Crippen molar-refractivity contribution >= 4 is 40.0 Å². The Balaban J connectivity index is 0.00000364. The van der Waals surface area contributed by atoms with Gasteiger partial charge in [0.25, 0.3) is 0 Å². The van der Waals surface area contributed by atoms with Gasteiger partial charge >= 0.3 is 0 Å². The molecule has 6 nitrogen and oxygen atoms in total. The Labute approximate surface area is 181 Å². The van der Waals surface area contributed by atoms with Crippen LogP contribution in [0, 0.1) is 0 Å². The average Bonchev–Trinajstić information content (AvgIpc) is 2.58. The molecule has 0 saturated heterocycles. The summed E-state index contributed by atoms with van der Waals surface area (Å²) in [6.07, 6.45) is 5.71. The summed E-state index contributed by atoms with van der Waals surface area (Å²) in [6, 6.07) is 11.1. The number of nitrogens with zero attached hydrogens (tertiary/aromatic N) is 1. The highest BCUT2D eigenvalue weighted by Crippen LogP contribution is 2.32. The average molecular weight is 508 g/mol. The summed E-state index contributed by atoms with van der Waals surface area (Å²) in [5.41, 5.74) is 0.845. The Morgan fingerprint density at radius 1 is 1.15 bits per heavy atom. The molecule has 1 fully saturated rings. The van der Waals surface area contributed by atoms with Gasteiger partial charge in [-0.05, 0) is 51.0 Å². The van der Waals surface area contributed by atoms with Crippen LogP contribution < -0.4 is 15.4 Å². The van der Waals surface area contributed by atoms with Crippen LogP contribution in [0.25, 0.3) is 0 Å². The molecule has 0 atom stereocenters. The maximum absolute atomic E-state index is 11.4. The van der Waals surface area contributed by atoms with Crippen molar-refractivity contribution in [1.29, 1.82) is 0 Å². The molecule has 1 aromatic rings. The number of benzene rings is 1. The van der Waals surface area contributed by atoms with Crippen LogP contribution in [-0.4, -0.2) is 45.8 Å². The van der Waals surface area contributed by atoms with Crippen LogP contribution in [-0.2, 0) is 10.0 Å². The predicted octanol–water partition coefficient (Wildman–Crippen LogP) is 2.82. The van der Waals surface area contributed by atoms with Crippen molar-refractivity contribution in [2.75, 3.05) is 19.8 Å². The maximum Gasteiger partial charge on any atom is 0.209 e. The van der Waals surface area contributed by atoms with Gasteiger partial charge in [0.2, 0.25) is 10.0 Å². The maximum atomic E-state index is 11.4. The predicted molar refractivity (Wildman–Crippen MR) is 123 cm³/mol. The molecule has 0 bridgehead atoms. The minimum Gasteiger partial charge on any atom is -0.355 e. The van der Waals surface area contributed by atoms with E-state index in [-0.39, 0.29) is 24.0 Å². The molecule has 8 heteroatoms. The van der Waals surface area contributed by atoms with Gasteiger partial charge in [0.05, 0.1) is 6.26 Å². The summed E-state index contributed by atoms with van der Waals surface area (Å²) in [5.74, 6) is 1.36. The monoisotopic (exact) mass is 508 g/mol. The van der Waals surface area contributed by atoms with E-state index in [4.69, 9.17) is 0 Å². The van der Waals surface area contributed by atoms with Crippen LogP contribution >= 0.6 is 24.0 Å². The number of rotatable bonds is 6. The van der Waals surface area contributed by atoms with Crippen LogP contribution in [0.2, 0.25) is 0 Å². The number of nitrogens with one attached hydrogen (secondary N) is 3. The Hall–Kier alpha value is -0.870. The largest absolute Gasteiger partial charge is 0.355 e. The van der Waals surface area contributed by atoms with E-state index in [0.29, 0.717) is 18.5 Å². The number of guanidine groups is 1. The molecular weight excluding hydrogens is 475 g/mol. The summed E-state index contributed by atoms with van der Waals surface area (Å²) in [4.78, 5) is 4.28. The quantitative estimate of drug-likeness (QED) is 0.314. The molecule has 0 unspecified atom stereocenters. The number of aliphatic imine (C=N–C) groups is 1. The standard InChI is InChI=1S/C19H32N4O2S.HI/c1-19(2,23-26(4,24)25)14-21-18(20-3)22-17-12-10-16(11-13-17)15-8-6-5-7-9-15;/h5-9,16-17,23H,10-14H2,1-4H3,(H2,20,21,22);1H. The van der Waals surface area contributed by atoms with Crippen molar-refractivity contribution in [2.45, 2.75) is 57.0 Å². The minimum atomic E-state index is -3.25. The third kappa shape index (κ3) is 8.78. The van der Waals surface area contributed by atoms with Gasteiger partial charge in [0, 0.05) is 25.2 Å². The van der Waals surface area contributed by atoms with E-state index in [1.165, 1.54) is 24.7 Å². The highest BCUT2D eigenvalue weighted by atomic mass is 127. The third-order valence-corrected chi connectivity index (χ3v) is 5.65. The molecule has 0 amide bonds. The number of halogens is 1. The van der Waals surface area contributed by atoms with Crippen LogP contribution in [0.1, 0.15) is 51.0 Å². The van der Waals surface area contributed by atoms with Gasteiger partial charge in [-0.1, -0.05) is 30.3 Å². The summed E-state index contributed by atoms with van der Waals surface area (Å²) in [7, 11) is -1.51. The summed E-state index contributed by atoms with van der Waals surface area (Å²) < 4.78 is 25.5. The lowest BCUT2D eigenvalue weighted by Gasteiger charge is -2.31.